The highest BCUT2D eigenvalue weighted by Gasteiger charge is 2.20. The zero-order valence-electron chi connectivity index (χ0n) is 15.7. The average molecular weight is 422 g/mol. The molecule has 0 aliphatic heterocycles. The molecule has 2 aromatic rings. The topological polar surface area (TPSA) is 81.7 Å². The number of benzene rings is 2. The number of ether oxygens (including phenoxy) is 2. The number of amides is 1. The van der Waals surface area contributed by atoms with E-state index >= 15 is 0 Å². The fraction of sp³-hybridized carbons (Fsp3) is 0.250. The fourth-order valence-electron chi connectivity index (χ4n) is 2.39. The Kier molecular flexibility index (Phi) is 7.90. The van der Waals surface area contributed by atoms with Gasteiger partial charge in [0.2, 0.25) is 5.91 Å². The molecular formula is C20H20ClNO5S. The second kappa shape index (κ2) is 10.1. The fourth-order valence-corrected chi connectivity index (χ4v) is 3.47. The summed E-state index contributed by atoms with van der Waals surface area (Å²) in [5.41, 5.74) is 0.585. The molecule has 1 amide bonds. The number of hydrogen-bond donors (Lipinski definition) is 1. The van der Waals surface area contributed by atoms with Crippen molar-refractivity contribution in [1.29, 1.82) is 0 Å². The van der Waals surface area contributed by atoms with Crippen LogP contribution in [-0.4, -0.2) is 37.3 Å². The molecule has 6 nitrogen and oxygen atoms in total. The quantitative estimate of drug-likeness (QED) is 0.526. The first-order chi connectivity index (χ1) is 13.4. The van der Waals surface area contributed by atoms with Crippen molar-refractivity contribution in [2.24, 2.45) is 0 Å². The Morgan fingerprint density at radius 3 is 2.00 bits per heavy atom. The first kappa shape index (κ1) is 21.8. The summed E-state index contributed by atoms with van der Waals surface area (Å²) in [6.45, 7) is 1.90. The molecule has 2 aromatic carbocycles. The summed E-state index contributed by atoms with van der Waals surface area (Å²) in [5, 5.41) is 3.01. The minimum Gasteiger partial charge on any atom is -0.465 e. The van der Waals surface area contributed by atoms with E-state index in [9.17, 15) is 14.4 Å². The number of rotatable bonds is 7. The summed E-state index contributed by atoms with van der Waals surface area (Å²) in [4.78, 5) is 37.4. The Hall–Kier alpha value is -2.51. The van der Waals surface area contributed by atoms with Crippen LogP contribution in [0.15, 0.2) is 47.4 Å². The third-order valence-corrected chi connectivity index (χ3v) is 5.43. The SMILES string of the molecule is CC[C@H](Sc1ccc(Cl)cc1)C(=O)Nc1cc(C(=O)OC)cc(C(=O)OC)c1. The first-order valence-corrected chi connectivity index (χ1v) is 9.68. The molecule has 0 aliphatic rings. The molecule has 0 bridgehead atoms. The van der Waals surface area contributed by atoms with Crippen molar-refractivity contribution in [1.82, 2.24) is 0 Å². The average Bonchev–Trinajstić information content (AvgIpc) is 2.71. The van der Waals surface area contributed by atoms with Crippen molar-refractivity contribution in [2.45, 2.75) is 23.5 Å². The number of hydrogen-bond acceptors (Lipinski definition) is 6. The summed E-state index contributed by atoms with van der Waals surface area (Å²) in [6, 6.07) is 11.5. The number of methoxy groups -OCH3 is 2. The molecule has 0 aromatic heterocycles. The molecule has 0 unspecified atom stereocenters. The Bertz CT molecular complexity index is 835. The van der Waals surface area contributed by atoms with Crippen LogP contribution in [-0.2, 0) is 14.3 Å². The minimum atomic E-state index is -0.621. The van der Waals surface area contributed by atoms with Crippen LogP contribution in [0.4, 0.5) is 5.69 Å². The minimum absolute atomic E-state index is 0.138. The largest absolute Gasteiger partial charge is 0.465 e. The van der Waals surface area contributed by atoms with E-state index in [0.29, 0.717) is 17.1 Å². The molecule has 28 heavy (non-hydrogen) atoms. The van der Waals surface area contributed by atoms with Gasteiger partial charge in [-0.15, -0.1) is 11.8 Å². The molecule has 8 heteroatoms. The van der Waals surface area contributed by atoms with Gasteiger partial charge in [0.1, 0.15) is 0 Å². The van der Waals surface area contributed by atoms with Gasteiger partial charge in [-0.3, -0.25) is 4.79 Å². The molecule has 1 N–H and O–H groups in total. The molecule has 0 heterocycles. The molecule has 0 saturated heterocycles. The summed E-state index contributed by atoms with van der Waals surface area (Å²) in [5.74, 6) is -1.49. The molecule has 0 aliphatic carbocycles. The predicted octanol–water partition coefficient (Wildman–Crippen LogP) is 4.42. The molecule has 0 radical (unpaired) electrons. The third-order valence-electron chi connectivity index (χ3n) is 3.80. The number of carbonyl (C=O) groups excluding carboxylic acids is 3. The number of nitrogens with one attached hydrogen (secondary N) is 1. The molecule has 2 rings (SSSR count). The summed E-state index contributed by atoms with van der Waals surface area (Å²) >= 11 is 7.29. The van der Waals surface area contributed by atoms with Crippen LogP contribution in [0, 0.1) is 0 Å². The van der Waals surface area contributed by atoms with E-state index in [2.05, 4.69) is 5.32 Å². The van der Waals surface area contributed by atoms with Gasteiger partial charge in [-0.25, -0.2) is 9.59 Å². The molecule has 0 fully saturated rings. The van der Waals surface area contributed by atoms with Crippen molar-refractivity contribution < 1.29 is 23.9 Å². The van der Waals surface area contributed by atoms with E-state index in [1.807, 2.05) is 19.1 Å². The predicted molar refractivity (Wildman–Crippen MR) is 109 cm³/mol. The smallest absolute Gasteiger partial charge is 0.337 e. The third kappa shape index (κ3) is 5.74. The Balaban J connectivity index is 2.23. The summed E-state index contributed by atoms with van der Waals surface area (Å²) < 4.78 is 9.41. The van der Waals surface area contributed by atoms with Gasteiger partial charge < -0.3 is 14.8 Å². The lowest BCUT2D eigenvalue weighted by atomic mass is 10.1. The zero-order valence-corrected chi connectivity index (χ0v) is 17.2. The maximum atomic E-state index is 12.7. The Morgan fingerprint density at radius 1 is 1.00 bits per heavy atom. The van der Waals surface area contributed by atoms with Crippen LogP contribution in [0.3, 0.4) is 0 Å². The van der Waals surface area contributed by atoms with Crippen LogP contribution in [0.1, 0.15) is 34.1 Å². The van der Waals surface area contributed by atoms with Crippen molar-refractivity contribution in [3.63, 3.8) is 0 Å². The van der Waals surface area contributed by atoms with Crippen LogP contribution < -0.4 is 5.32 Å². The highest BCUT2D eigenvalue weighted by atomic mass is 35.5. The monoisotopic (exact) mass is 421 g/mol. The number of halogens is 1. The van der Waals surface area contributed by atoms with Crippen LogP contribution >= 0.6 is 23.4 Å². The molecule has 148 valence electrons. The van der Waals surface area contributed by atoms with Gasteiger partial charge in [0.05, 0.1) is 30.6 Å². The van der Waals surface area contributed by atoms with Crippen LogP contribution in [0.5, 0.6) is 0 Å². The van der Waals surface area contributed by atoms with Crippen molar-refractivity contribution in [2.75, 3.05) is 19.5 Å². The van der Waals surface area contributed by atoms with Crippen molar-refractivity contribution in [3.8, 4) is 0 Å². The van der Waals surface area contributed by atoms with Gasteiger partial charge in [-0.1, -0.05) is 18.5 Å². The lowest BCUT2D eigenvalue weighted by Crippen LogP contribution is -2.25. The van der Waals surface area contributed by atoms with E-state index in [1.165, 1.54) is 44.2 Å². The standard InChI is InChI=1S/C20H20ClNO5S/c1-4-17(28-16-7-5-14(21)6-8-16)18(23)22-15-10-12(19(24)26-2)9-13(11-15)20(25)27-3/h5-11,17H,4H2,1-3H3,(H,22,23)/t17-/m0/s1. The van der Waals surface area contributed by atoms with E-state index < -0.39 is 11.9 Å². The zero-order chi connectivity index (χ0) is 20.7. The second-order valence-corrected chi connectivity index (χ2v) is 7.45. The highest BCUT2D eigenvalue weighted by molar-refractivity contribution is 8.00. The van der Waals surface area contributed by atoms with E-state index in [4.69, 9.17) is 21.1 Å². The van der Waals surface area contributed by atoms with Gasteiger partial charge in [0.25, 0.3) is 0 Å². The molecule has 1 atom stereocenters. The van der Waals surface area contributed by atoms with E-state index in [1.54, 1.807) is 12.1 Å². The van der Waals surface area contributed by atoms with E-state index in [-0.39, 0.29) is 22.3 Å². The first-order valence-electron chi connectivity index (χ1n) is 8.42. The second-order valence-electron chi connectivity index (χ2n) is 5.74. The molecular weight excluding hydrogens is 402 g/mol. The lowest BCUT2D eigenvalue weighted by molar-refractivity contribution is -0.115. The number of esters is 2. The van der Waals surface area contributed by atoms with Crippen LogP contribution in [0.2, 0.25) is 5.02 Å². The van der Waals surface area contributed by atoms with Crippen molar-refractivity contribution in [3.05, 3.63) is 58.6 Å². The summed E-state index contributed by atoms with van der Waals surface area (Å²) in [6.07, 6.45) is 0.583. The van der Waals surface area contributed by atoms with Gasteiger partial charge in [0.15, 0.2) is 0 Å². The number of thioether (sulfide) groups is 1. The maximum absolute atomic E-state index is 12.7. The van der Waals surface area contributed by atoms with Gasteiger partial charge >= 0.3 is 11.9 Å². The molecule has 0 spiro atoms. The van der Waals surface area contributed by atoms with Gasteiger partial charge in [-0.2, -0.15) is 0 Å². The Morgan fingerprint density at radius 2 is 1.54 bits per heavy atom. The van der Waals surface area contributed by atoms with Gasteiger partial charge in [0, 0.05) is 15.6 Å². The number of carbonyl (C=O) groups is 3. The van der Waals surface area contributed by atoms with E-state index in [0.717, 1.165) is 4.90 Å². The normalized spacial score (nSPS) is 11.4. The van der Waals surface area contributed by atoms with Gasteiger partial charge in [-0.05, 0) is 48.9 Å². The highest BCUT2D eigenvalue weighted by Crippen LogP contribution is 2.28. The Labute approximate surface area is 172 Å². The molecule has 0 saturated carbocycles. The number of anilines is 1. The summed E-state index contributed by atoms with van der Waals surface area (Å²) in [7, 11) is 2.47. The maximum Gasteiger partial charge on any atom is 0.337 e. The van der Waals surface area contributed by atoms with Crippen LogP contribution in [0.25, 0.3) is 0 Å². The lowest BCUT2D eigenvalue weighted by Gasteiger charge is -2.16. The van der Waals surface area contributed by atoms with Crippen molar-refractivity contribution >= 4 is 46.9 Å².